The van der Waals surface area contributed by atoms with Crippen molar-refractivity contribution in [3.63, 3.8) is 0 Å². The molecule has 0 saturated carbocycles. The number of fused-ring (bicyclic) bond motifs is 2. The topological polar surface area (TPSA) is 73.8 Å². The predicted molar refractivity (Wildman–Crippen MR) is 84.7 cm³/mol. The smallest absolute Gasteiger partial charge is 0.374 e. The lowest BCUT2D eigenvalue weighted by Crippen LogP contribution is -2.14. The van der Waals surface area contributed by atoms with Crippen molar-refractivity contribution in [3.8, 4) is 0 Å². The summed E-state index contributed by atoms with van der Waals surface area (Å²) in [5.41, 5.74) is 0.823. The Morgan fingerprint density at radius 3 is 3.04 bits per heavy atom. The van der Waals surface area contributed by atoms with Gasteiger partial charge in [-0.3, -0.25) is 9.20 Å². The molecule has 3 aromatic heterocycles. The monoisotopic (exact) mass is 326 g/mol. The van der Waals surface area contributed by atoms with E-state index >= 15 is 0 Å². The zero-order valence-electron chi connectivity index (χ0n) is 11.8. The second kappa shape index (κ2) is 5.36. The van der Waals surface area contributed by atoms with Crippen LogP contribution in [0.25, 0.3) is 15.9 Å². The number of ether oxygens (including phenoxy) is 1. The second-order valence-corrected chi connectivity index (χ2v) is 5.74. The number of esters is 1. The van der Waals surface area contributed by atoms with Gasteiger partial charge in [0.2, 0.25) is 5.76 Å². The molecule has 0 atom stereocenters. The molecule has 114 valence electrons. The Balaban J connectivity index is 1.55. The number of carbonyl (C=O) groups is 1. The van der Waals surface area contributed by atoms with Crippen LogP contribution in [0.5, 0.6) is 0 Å². The molecule has 0 fully saturated rings. The maximum atomic E-state index is 12.1. The van der Waals surface area contributed by atoms with Crippen LogP contribution in [0.4, 0.5) is 0 Å². The Morgan fingerprint density at radius 1 is 1.30 bits per heavy atom. The number of rotatable bonds is 3. The van der Waals surface area contributed by atoms with Crippen molar-refractivity contribution < 1.29 is 13.9 Å². The fourth-order valence-corrected chi connectivity index (χ4v) is 2.99. The summed E-state index contributed by atoms with van der Waals surface area (Å²) in [7, 11) is 0. The molecule has 0 aliphatic carbocycles. The third-order valence-electron chi connectivity index (χ3n) is 3.33. The van der Waals surface area contributed by atoms with Gasteiger partial charge >= 0.3 is 5.97 Å². The molecule has 23 heavy (non-hydrogen) atoms. The van der Waals surface area contributed by atoms with E-state index in [1.807, 2.05) is 18.2 Å². The fourth-order valence-electron chi connectivity index (χ4n) is 2.25. The Hall–Kier alpha value is -2.93. The van der Waals surface area contributed by atoms with E-state index in [-0.39, 0.29) is 17.9 Å². The minimum atomic E-state index is -0.589. The molecule has 0 saturated heterocycles. The number of furan rings is 1. The van der Waals surface area contributed by atoms with Crippen molar-refractivity contribution in [2.24, 2.45) is 0 Å². The van der Waals surface area contributed by atoms with Crippen LogP contribution in [0.2, 0.25) is 0 Å². The van der Waals surface area contributed by atoms with Gasteiger partial charge < -0.3 is 9.15 Å². The quantitative estimate of drug-likeness (QED) is 0.541. The minimum Gasteiger partial charge on any atom is -0.453 e. The summed E-state index contributed by atoms with van der Waals surface area (Å²) in [5, 5.41) is 2.60. The summed E-state index contributed by atoms with van der Waals surface area (Å²) in [6.45, 7) is -0.0838. The van der Waals surface area contributed by atoms with E-state index in [1.54, 1.807) is 23.7 Å². The number of nitrogens with zero attached hydrogens (tertiary/aromatic N) is 2. The zero-order valence-corrected chi connectivity index (χ0v) is 12.6. The molecule has 4 aromatic rings. The molecule has 1 aromatic carbocycles. The molecular weight excluding hydrogens is 316 g/mol. The summed E-state index contributed by atoms with van der Waals surface area (Å²) in [5.74, 6) is -0.463. The summed E-state index contributed by atoms with van der Waals surface area (Å²) in [6.07, 6.45) is 1.65. The van der Waals surface area contributed by atoms with Gasteiger partial charge in [-0.05, 0) is 12.1 Å². The van der Waals surface area contributed by atoms with Crippen molar-refractivity contribution in [2.75, 3.05) is 0 Å². The lowest BCUT2D eigenvalue weighted by atomic mass is 10.2. The van der Waals surface area contributed by atoms with Gasteiger partial charge in [0.1, 0.15) is 12.2 Å². The molecule has 7 heteroatoms. The van der Waals surface area contributed by atoms with Crippen LogP contribution >= 0.6 is 11.3 Å². The maximum Gasteiger partial charge on any atom is 0.374 e. The van der Waals surface area contributed by atoms with Crippen molar-refractivity contribution in [1.82, 2.24) is 9.38 Å². The first-order valence-electron chi connectivity index (χ1n) is 6.82. The molecule has 0 radical (unpaired) electrons. The van der Waals surface area contributed by atoms with E-state index in [1.165, 1.54) is 21.8 Å². The van der Waals surface area contributed by atoms with Gasteiger partial charge in [-0.25, -0.2) is 9.78 Å². The van der Waals surface area contributed by atoms with E-state index in [0.717, 1.165) is 5.39 Å². The lowest BCUT2D eigenvalue weighted by Gasteiger charge is -2.02. The van der Waals surface area contributed by atoms with Gasteiger partial charge in [0, 0.05) is 23.0 Å². The minimum absolute atomic E-state index is 0.0838. The van der Waals surface area contributed by atoms with E-state index in [0.29, 0.717) is 16.2 Å². The number of benzene rings is 1. The maximum absolute atomic E-state index is 12.1. The average molecular weight is 326 g/mol. The first kappa shape index (κ1) is 13.7. The third kappa shape index (κ3) is 2.51. The lowest BCUT2D eigenvalue weighted by molar-refractivity contribution is 0.0434. The second-order valence-electron chi connectivity index (χ2n) is 4.87. The van der Waals surface area contributed by atoms with Crippen molar-refractivity contribution in [3.05, 3.63) is 69.8 Å². The number of aromatic nitrogens is 2. The van der Waals surface area contributed by atoms with Gasteiger partial charge in [-0.15, -0.1) is 11.3 Å². The van der Waals surface area contributed by atoms with Crippen molar-refractivity contribution >= 4 is 33.2 Å². The number of hydrogen-bond acceptors (Lipinski definition) is 6. The molecule has 6 nitrogen and oxygen atoms in total. The molecule has 3 heterocycles. The Morgan fingerprint density at radius 2 is 2.17 bits per heavy atom. The third-order valence-corrected chi connectivity index (χ3v) is 4.09. The normalized spacial score (nSPS) is 11.1. The standard InChI is InChI=1S/C16H10N2O4S/c19-14-8-11(17-16-18(14)5-6-23-16)9-21-15(20)13-7-10-3-1-2-4-12(10)22-13/h1-8H,9H2. The summed E-state index contributed by atoms with van der Waals surface area (Å²) in [6, 6.07) is 10.3. The summed E-state index contributed by atoms with van der Waals surface area (Å²) < 4.78 is 12.1. The molecule has 0 bridgehead atoms. The highest BCUT2D eigenvalue weighted by molar-refractivity contribution is 7.15. The predicted octanol–water partition coefficient (Wildman–Crippen LogP) is 2.86. The average Bonchev–Trinajstić information content (AvgIpc) is 3.19. The van der Waals surface area contributed by atoms with Crippen LogP contribution in [0.3, 0.4) is 0 Å². The largest absolute Gasteiger partial charge is 0.453 e. The van der Waals surface area contributed by atoms with Crippen LogP contribution in [0, 0.1) is 0 Å². The van der Waals surface area contributed by atoms with Gasteiger partial charge in [0.05, 0.1) is 5.69 Å². The van der Waals surface area contributed by atoms with Crippen LogP contribution in [-0.2, 0) is 11.3 Å². The van der Waals surface area contributed by atoms with Gasteiger partial charge in [-0.1, -0.05) is 18.2 Å². The van der Waals surface area contributed by atoms with E-state index in [2.05, 4.69) is 4.98 Å². The van der Waals surface area contributed by atoms with E-state index in [9.17, 15) is 9.59 Å². The first-order chi connectivity index (χ1) is 11.2. The fraction of sp³-hybridized carbons (Fsp3) is 0.0625. The van der Waals surface area contributed by atoms with E-state index < -0.39 is 5.97 Å². The summed E-state index contributed by atoms with van der Waals surface area (Å²) in [4.78, 5) is 28.8. The van der Waals surface area contributed by atoms with Gasteiger partial charge in [0.15, 0.2) is 4.96 Å². The van der Waals surface area contributed by atoms with Crippen LogP contribution < -0.4 is 5.56 Å². The van der Waals surface area contributed by atoms with Crippen LogP contribution in [-0.4, -0.2) is 15.4 Å². The van der Waals surface area contributed by atoms with Crippen LogP contribution in [0.15, 0.2) is 57.2 Å². The molecule has 0 amide bonds. The highest BCUT2D eigenvalue weighted by Gasteiger charge is 2.14. The molecular formula is C16H10N2O4S. The number of thiazole rings is 1. The number of hydrogen-bond donors (Lipinski definition) is 0. The van der Waals surface area contributed by atoms with Crippen molar-refractivity contribution in [1.29, 1.82) is 0 Å². The number of carbonyl (C=O) groups excluding carboxylic acids is 1. The molecule has 0 spiro atoms. The number of para-hydroxylation sites is 1. The Labute approximate surface area is 133 Å². The Kier molecular flexibility index (Phi) is 3.20. The van der Waals surface area contributed by atoms with Crippen molar-refractivity contribution in [2.45, 2.75) is 6.61 Å². The highest BCUT2D eigenvalue weighted by atomic mass is 32.1. The van der Waals surface area contributed by atoms with Crippen LogP contribution in [0.1, 0.15) is 16.2 Å². The molecule has 4 rings (SSSR count). The molecule has 0 aliphatic rings. The van der Waals surface area contributed by atoms with Gasteiger partial charge in [0.25, 0.3) is 5.56 Å². The van der Waals surface area contributed by atoms with Gasteiger partial charge in [-0.2, -0.15) is 0 Å². The zero-order chi connectivity index (χ0) is 15.8. The SMILES string of the molecule is O=C(OCc1cc(=O)n2ccsc2n1)c1cc2ccccc2o1. The molecule has 0 unspecified atom stereocenters. The van der Waals surface area contributed by atoms with E-state index in [4.69, 9.17) is 9.15 Å². The summed E-state index contributed by atoms with van der Waals surface area (Å²) >= 11 is 1.34. The highest BCUT2D eigenvalue weighted by Crippen LogP contribution is 2.19. The molecule has 0 N–H and O–H groups in total. The first-order valence-corrected chi connectivity index (χ1v) is 7.70. The molecule has 0 aliphatic heterocycles. The Bertz CT molecular complexity index is 1040.